The van der Waals surface area contributed by atoms with Crippen molar-refractivity contribution >= 4 is 11.6 Å². The monoisotopic (exact) mass is 370 g/mol. The third kappa shape index (κ3) is 3.79. The zero-order valence-electron chi connectivity index (χ0n) is 16.5. The molecule has 3 heteroatoms. The maximum absolute atomic E-state index is 13.0. The second-order valence-corrected chi connectivity index (χ2v) is 7.57. The number of benzene rings is 3. The number of carbonyl (C=O) groups excluding carboxylic acids is 1. The average molecular weight is 370 g/mol. The van der Waals surface area contributed by atoms with Crippen molar-refractivity contribution in [2.45, 2.75) is 19.9 Å². The first-order valence-electron chi connectivity index (χ1n) is 9.86. The lowest BCUT2D eigenvalue weighted by Crippen LogP contribution is -2.50. The van der Waals surface area contributed by atoms with Gasteiger partial charge >= 0.3 is 0 Å². The predicted octanol–water partition coefficient (Wildman–Crippen LogP) is 5.01. The third-order valence-corrected chi connectivity index (χ3v) is 5.52. The fourth-order valence-corrected chi connectivity index (χ4v) is 3.85. The molecule has 3 aromatic carbocycles. The van der Waals surface area contributed by atoms with E-state index in [-0.39, 0.29) is 11.9 Å². The Bertz CT molecular complexity index is 933. The van der Waals surface area contributed by atoms with Crippen LogP contribution in [0.3, 0.4) is 0 Å². The molecule has 0 aromatic heterocycles. The molecule has 0 spiro atoms. The molecule has 1 heterocycles. The molecule has 1 saturated heterocycles. The third-order valence-electron chi connectivity index (χ3n) is 5.52. The van der Waals surface area contributed by atoms with Crippen molar-refractivity contribution in [3.8, 4) is 0 Å². The van der Waals surface area contributed by atoms with E-state index in [1.165, 1.54) is 22.4 Å². The fraction of sp³-hybridized carbons (Fsp3) is 0.240. The highest BCUT2D eigenvalue weighted by atomic mass is 16.2. The van der Waals surface area contributed by atoms with Gasteiger partial charge < -0.3 is 9.80 Å². The molecule has 3 nitrogen and oxygen atoms in total. The van der Waals surface area contributed by atoms with Crippen LogP contribution in [-0.4, -0.2) is 30.4 Å². The minimum absolute atomic E-state index is 0.112. The Labute approximate surface area is 167 Å². The van der Waals surface area contributed by atoms with Crippen LogP contribution in [-0.2, 0) is 0 Å². The molecule has 1 atom stereocenters. The largest absolute Gasteiger partial charge is 0.361 e. The van der Waals surface area contributed by atoms with Crippen LogP contribution < -0.4 is 4.90 Å². The Morgan fingerprint density at radius 3 is 2.04 bits per heavy atom. The molecular formula is C25H26N2O. The van der Waals surface area contributed by atoms with Crippen LogP contribution in [0.25, 0.3) is 0 Å². The highest BCUT2D eigenvalue weighted by molar-refractivity contribution is 5.94. The summed E-state index contributed by atoms with van der Waals surface area (Å²) in [6.07, 6.45) is 0. The van der Waals surface area contributed by atoms with Crippen LogP contribution in [0.5, 0.6) is 0 Å². The Morgan fingerprint density at radius 1 is 0.786 bits per heavy atom. The molecule has 3 aromatic rings. The van der Waals surface area contributed by atoms with Crippen LogP contribution in [0.15, 0.2) is 78.9 Å². The van der Waals surface area contributed by atoms with Crippen LogP contribution >= 0.6 is 0 Å². The number of hydrogen-bond donors (Lipinski definition) is 0. The summed E-state index contributed by atoms with van der Waals surface area (Å²) in [5.41, 5.74) is 5.72. The molecule has 4 rings (SSSR count). The van der Waals surface area contributed by atoms with E-state index in [0.717, 1.165) is 18.7 Å². The number of amides is 1. The molecule has 0 radical (unpaired) electrons. The number of aryl methyl sites for hydroxylation is 2. The minimum atomic E-state index is 0.112. The Balaban J connectivity index is 1.64. The highest BCUT2D eigenvalue weighted by Crippen LogP contribution is 2.31. The lowest BCUT2D eigenvalue weighted by molar-refractivity contribution is 0.0722. The Kier molecular flexibility index (Phi) is 5.16. The van der Waals surface area contributed by atoms with Gasteiger partial charge in [-0.2, -0.15) is 0 Å². The molecular weight excluding hydrogens is 344 g/mol. The number of hydrogen-bond acceptors (Lipinski definition) is 2. The van der Waals surface area contributed by atoms with Crippen molar-refractivity contribution in [2.24, 2.45) is 0 Å². The molecule has 1 amide bonds. The summed E-state index contributed by atoms with van der Waals surface area (Å²) >= 11 is 0. The van der Waals surface area contributed by atoms with Crippen molar-refractivity contribution in [1.82, 2.24) is 4.90 Å². The zero-order valence-corrected chi connectivity index (χ0v) is 16.5. The van der Waals surface area contributed by atoms with E-state index >= 15 is 0 Å². The topological polar surface area (TPSA) is 23.6 Å². The van der Waals surface area contributed by atoms with Gasteiger partial charge in [-0.05, 0) is 43.7 Å². The second kappa shape index (κ2) is 7.89. The van der Waals surface area contributed by atoms with E-state index in [1.807, 2.05) is 35.2 Å². The molecule has 1 unspecified atom stereocenters. The normalized spacial score (nSPS) is 16.9. The number of nitrogens with zero attached hydrogens (tertiary/aromatic N) is 2. The quantitative estimate of drug-likeness (QED) is 0.647. The van der Waals surface area contributed by atoms with Crippen molar-refractivity contribution in [1.29, 1.82) is 0 Å². The van der Waals surface area contributed by atoms with Crippen LogP contribution in [0.4, 0.5) is 5.69 Å². The van der Waals surface area contributed by atoms with Crippen molar-refractivity contribution in [3.63, 3.8) is 0 Å². The van der Waals surface area contributed by atoms with E-state index in [0.29, 0.717) is 6.54 Å². The summed E-state index contributed by atoms with van der Waals surface area (Å²) < 4.78 is 0. The zero-order chi connectivity index (χ0) is 19.5. The summed E-state index contributed by atoms with van der Waals surface area (Å²) in [4.78, 5) is 17.4. The van der Waals surface area contributed by atoms with Gasteiger partial charge in [-0.3, -0.25) is 4.79 Å². The van der Waals surface area contributed by atoms with Crippen molar-refractivity contribution in [2.75, 3.05) is 24.5 Å². The lowest BCUT2D eigenvalue weighted by Gasteiger charge is -2.43. The van der Waals surface area contributed by atoms with Crippen molar-refractivity contribution < 1.29 is 4.79 Å². The van der Waals surface area contributed by atoms with Gasteiger partial charge in [0, 0.05) is 30.9 Å². The molecule has 0 aliphatic carbocycles. The van der Waals surface area contributed by atoms with Gasteiger partial charge in [0.2, 0.25) is 0 Å². The smallest absolute Gasteiger partial charge is 0.253 e. The highest BCUT2D eigenvalue weighted by Gasteiger charge is 2.31. The molecule has 1 aliphatic heterocycles. The van der Waals surface area contributed by atoms with E-state index in [1.54, 1.807) is 0 Å². The molecule has 0 bridgehead atoms. The molecule has 1 fully saturated rings. The van der Waals surface area contributed by atoms with E-state index in [2.05, 4.69) is 67.3 Å². The number of rotatable bonds is 3. The van der Waals surface area contributed by atoms with E-state index in [4.69, 9.17) is 0 Å². The average Bonchev–Trinajstić information content (AvgIpc) is 2.75. The van der Waals surface area contributed by atoms with Gasteiger partial charge in [-0.15, -0.1) is 0 Å². The summed E-state index contributed by atoms with van der Waals surface area (Å²) in [6.45, 7) is 6.44. The summed E-state index contributed by atoms with van der Waals surface area (Å²) in [5.74, 6) is 0.112. The first kappa shape index (κ1) is 18.3. The molecule has 142 valence electrons. The standard InChI is InChI=1S/C25H26N2O/c1-19-8-12-21(13-9-19)24-18-26(25(28)22-6-4-3-5-7-22)16-17-27(24)23-14-10-20(2)11-15-23/h3-15,24H,16-18H2,1-2H3. The van der Waals surface area contributed by atoms with Gasteiger partial charge in [0.1, 0.15) is 0 Å². The van der Waals surface area contributed by atoms with E-state index < -0.39 is 0 Å². The second-order valence-electron chi connectivity index (χ2n) is 7.57. The van der Waals surface area contributed by atoms with Gasteiger partial charge in [-0.25, -0.2) is 0 Å². The Morgan fingerprint density at radius 2 is 1.39 bits per heavy atom. The number of carbonyl (C=O) groups is 1. The van der Waals surface area contributed by atoms with Gasteiger partial charge in [-0.1, -0.05) is 65.7 Å². The SMILES string of the molecule is Cc1ccc(C2CN(C(=O)c3ccccc3)CCN2c2ccc(C)cc2)cc1. The summed E-state index contributed by atoms with van der Waals surface area (Å²) in [7, 11) is 0. The molecule has 28 heavy (non-hydrogen) atoms. The first-order chi connectivity index (χ1) is 13.6. The van der Waals surface area contributed by atoms with Gasteiger partial charge in [0.25, 0.3) is 5.91 Å². The molecule has 0 saturated carbocycles. The van der Waals surface area contributed by atoms with Gasteiger partial charge in [0.05, 0.1) is 6.04 Å². The number of piperazine rings is 1. The van der Waals surface area contributed by atoms with Crippen LogP contribution in [0, 0.1) is 13.8 Å². The van der Waals surface area contributed by atoms with Gasteiger partial charge in [0.15, 0.2) is 0 Å². The summed E-state index contributed by atoms with van der Waals surface area (Å²) in [6, 6.07) is 27.1. The first-order valence-corrected chi connectivity index (χ1v) is 9.86. The predicted molar refractivity (Wildman–Crippen MR) is 115 cm³/mol. The minimum Gasteiger partial charge on any atom is -0.361 e. The van der Waals surface area contributed by atoms with Crippen molar-refractivity contribution in [3.05, 3.63) is 101 Å². The molecule has 0 N–H and O–H groups in total. The molecule has 1 aliphatic rings. The maximum atomic E-state index is 13.0. The maximum Gasteiger partial charge on any atom is 0.253 e. The summed E-state index contributed by atoms with van der Waals surface area (Å²) in [5, 5.41) is 0. The Hall–Kier alpha value is -3.07. The van der Waals surface area contributed by atoms with E-state index in [9.17, 15) is 4.79 Å². The number of anilines is 1. The van der Waals surface area contributed by atoms with Crippen LogP contribution in [0.2, 0.25) is 0 Å². The lowest BCUT2D eigenvalue weighted by atomic mass is 9.99. The fourth-order valence-electron chi connectivity index (χ4n) is 3.85. The van der Waals surface area contributed by atoms with Crippen LogP contribution in [0.1, 0.15) is 33.1 Å².